The Bertz CT molecular complexity index is 1120. The Morgan fingerprint density at radius 2 is 2.03 bits per heavy atom. The predicted octanol–water partition coefficient (Wildman–Crippen LogP) is 5.07. The standard InChI is InChI=1S/C24H27ClN2O4S/c1-13(23(29)31-24(2,3)4)30-12-17-16-8-6-5-7-14(16)9-18(17)26-21(28)19-10-15-11-20(25)32-22(15)27-19/h5-8,10-11,13,17-18,27H,9,12H2,1-4H3,(H,26,28)/t13?,17-,18?/m1/s1. The maximum absolute atomic E-state index is 13.0. The van der Waals surface area contributed by atoms with Gasteiger partial charge >= 0.3 is 5.97 Å². The van der Waals surface area contributed by atoms with Crippen LogP contribution in [0.15, 0.2) is 36.4 Å². The van der Waals surface area contributed by atoms with Gasteiger partial charge in [-0.1, -0.05) is 35.9 Å². The van der Waals surface area contributed by atoms with E-state index in [4.69, 9.17) is 21.1 Å². The highest BCUT2D eigenvalue weighted by atomic mass is 35.5. The van der Waals surface area contributed by atoms with Gasteiger partial charge in [0.15, 0.2) is 6.10 Å². The number of aromatic amines is 1. The molecule has 6 nitrogen and oxygen atoms in total. The number of ether oxygens (including phenoxy) is 2. The van der Waals surface area contributed by atoms with E-state index < -0.39 is 17.7 Å². The third-order valence-corrected chi connectivity index (χ3v) is 6.68. The topological polar surface area (TPSA) is 80.4 Å². The molecule has 1 aliphatic carbocycles. The lowest BCUT2D eigenvalue weighted by atomic mass is 9.99. The maximum atomic E-state index is 13.0. The molecule has 3 aromatic rings. The second kappa shape index (κ2) is 8.89. The Morgan fingerprint density at radius 3 is 2.75 bits per heavy atom. The van der Waals surface area contributed by atoms with Crippen LogP contribution in [0, 0.1) is 0 Å². The third-order valence-electron chi connectivity index (χ3n) is 5.48. The largest absolute Gasteiger partial charge is 0.458 e. The molecule has 2 heterocycles. The molecule has 0 saturated carbocycles. The van der Waals surface area contributed by atoms with Crippen molar-refractivity contribution in [3.05, 3.63) is 57.6 Å². The number of rotatable bonds is 6. The average Bonchev–Trinajstić information content (AvgIpc) is 3.35. The molecule has 0 fully saturated rings. The zero-order valence-electron chi connectivity index (χ0n) is 18.5. The number of carbonyl (C=O) groups is 2. The number of hydrogen-bond donors (Lipinski definition) is 2. The monoisotopic (exact) mass is 474 g/mol. The molecule has 1 aliphatic rings. The molecule has 0 radical (unpaired) electrons. The highest BCUT2D eigenvalue weighted by Gasteiger charge is 2.35. The van der Waals surface area contributed by atoms with Crippen LogP contribution in [-0.2, 0) is 20.7 Å². The number of aromatic nitrogens is 1. The van der Waals surface area contributed by atoms with E-state index in [1.54, 1.807) is 6.92 Å². The van der Waals surface area contributed by atoms with E-state index in [0.717, 1.165) is 15.8 Å². The van der Waals surface area contributed by atoms with E-state index in [0.29, 0.717) is 23.1 Å². The lowest BCUT2D eigenvalue weighted by Gasteiger charge is -2.25. The van der Waals surface area contributed by atoms with Gasteiger partial charge in [-0.15, -0.1) is 11.3 Å². The molecule has 0 saturated heterocycles. The van der Waals surface area contributed by atoms with E-state index in [1.165, 1.54) is 16.9 Å². The molecule has 2 unspecified atom stereocenters. The van der Waals surface area contributed by atoms with Crippen LogP contribution in [0.5, 0.6) is 0 Å². The summed E-state index contributed by atoms with van der Waals surface area (Å²) in [5, 5.41) is 4.08. The molecular weight excluding hydrogens is 448 g/mol. The van der Waals surface area contributed by atoms with Crippen molar-refractivity contribution in [3.63, 3.8) is 0 Å². The third kappa shape index (κ3) is 5.00. The lowest BCUT2D eigenvalue weighted by molar-refractivity contribution is -0.167. The molecule has 1 aromatic carbocycles. The van der Waals surface area contributed by atoms with Gasteiger partial charge in [0, 0.05) is 17.3 Å². The summed E-state index contributed by atoms with van der Waals surface area (Å²) in [6.07, 6.45) is 0.00998. The number of hydrogen-bond acceptors (Lipinski definition) is 5. The number of nitrogens with one attached hydrogen (secondary N) is 2. The fraction of sp³-hybridized carbons (Fsp3) is 0.417. The Kier molecular flexibility index (Phi) is 6.34. The van der Waals surface area contributed by atoms with Crippen molar-refractivity contribution in [3.8, 4) is 0 Å². The van der Waals surface area contributed by atoms with Gasteiger partial charge in [-0.25, -0.2) is 4.79 Å². The first kappa shape index (κ1) is 22.8. The second-order valence-electron chi connectivity index (χ2n) is 9.12. The molecule has 4 rings (SSSR count). The van der Waals surface area contributed by atoms with Crippen molar-refractivity contribution < 1.29 is 19.1 Å². The minimum atomic E-state index is -0.696. The van der Waals surface area contributed by atoms with E-state index in [9.17, 15) is 9.59 Å². The van der Waals surface area contributed by atoms with Crippen LogP contribution in [-0.4, -0.2) is 41.2 Å². The van der Waals surface area contributed by atoms with Gasteiger partial charge in [0.1, 0.15) is 16.1 Å². The first-order valence-electron chi connectivity index (χ1n) is 10.6. The van der Waals surface area contributed by atoms with Crippen LogP contribution in [0.1, 0.15) is 55.2 Å². The van der Waals surface area contributed by atoms with Crippen LogP contribution in [0.25, 0.3) is 10.2 Å². The Balaban J connectivity index is 1.46. The molecule has 3 atom stereocenters. The summed E-state index contributed by atoms with van der Waals surface area (Å²) in [6, 6.07) is 11.6. The molecule has 0 bridgehead atoms. The van der Waals surface area contributed by atoms with E-state index in [1.807, 2.05) is 45.0 Å². The number of carbonyl (C=O) groups excluding carboxylic acids is 2. The average molecular weight is 475 g/mol. The summed E-state index contributed by atoms with van der Waals surface area (Å²) >= 11 is 7.44. The van der Waals surface area contributed by atoms with E-state index in [-0.39, 0.29) is 17.9 Å². The van der Waals surface area contributed by atoms with Gasteiger partial charge < -0.3 is 19.8 Å². The SMILES string of the molecule is CC(OC[C@@H]1c2ccccc2CC1NC(=O)c1cc2cc(Cl)sc2[nH]1)C(=O)OC(C)(C)C. The van der Waals surface area contributed by atoms with Crippen molar-refractivity contribution in [2.24, 2.45) is 0 Å². The number of halogens is 1. The Hall–Kier alpha value is -2.35. The number of esters is 1. The van der Waals surface area contributed by atoms with Crippen molar-refractivity contribution in [2.75, 3.05) is 6.61 Å². The highest BCUT2D eigenvalue weighted by Crippen LogP contribution is 2.34. The van der Waals surface area contributed by atoms with Gasteiger partial charge in [-0.2, -0.15) is 0 Å². The maximum Gasteiger partial charge on any atom is 0.335 e. The Morgan fingerprint density at radius 1 is 1.28 bits per heavy atom. The normalized spacial score (nSPS) is 19.0. The number of fused-ring (bicyclic) bond motifs is 2. The fourth-order valence-corrected chi connectivity index (χ4v) is 5.12. The first-order chi connectivity index (χ1) is 15.1. The van der Waals surface area contributed by atoms with Crippen LogP contribution < -0.4 is 5.32 Å². The summed E-state index contributed by atoms with van der Waals surface area (Å²) in [6.45, 7) is 7.48. The number of amides is 1. The van der Waals surface area contributed by atoms with Crippen molar-refractivity contribution in [1.82, 2.24) is 10.3 Å². The van der Waals surface area contributed by atoms with Gasteiger partial charge in [0.05, 0.1) is 10.9 Å². The van der Waals surface area contributed by atoms with Gasteiger partial charge in [-0.3, -0.25) is 4.79 Å². The van der Waals surface area contributed by atoms with E-state index in [2.05, 4.69) is 22.4 Å². The van der Waals surface area contributed by atoms with Crippen LogP contribution in [0.4, 0.5) is 0 Å². The minimum absolute atomic E-state index is 0.0643. The predicted molar refractivity (Wildman–Crippen MR) is 127 cm³/mol. The zero-order chi connectivity index (χ0) is 23.0. The van der Waals surface area contributed by atoms with Gasteiger partial charge in [0.25, 0.3) is 5.91 Å². The number of benzene rings is 1. The quantitative estimate of drug-likeness (QED) is 0.489. The molecule has 0 spiro atoms. The molecule has 1 amide bonds. The summed E-state index contributed by atoms with van der Waals surface area (Å²) in [4.78, 5) is 29.3. The Labute approximate surface area is 196 Å². The smallest absolute Gasteiger partial charge is 0.335 e. The molecule has 0 aliphatic heterocycles. The second-order valence-corrected chi connectivity index (χ2v) is 10.8. The summed E-state index contributed by atoms with van der Waals surface area (Å²) in [7, 11) is 0. The van der Waals surface area contributed by atoms with Crippen molar-refractivity contribution >= 4 is 45.0 Å². The van der Waals surface area contributed by atoms with Gasteiger partial charge in [-0.05, 0) is 57.4 Å². The van der Waals surface area contributed by atoms with Crippen LogP contribution >= 0.6 is 22.9 Å². The fourth-order valence-electron chi connectivity index (χ4n) is 4.00. The summed E-state index contributed by atoms with van der Waals surface area (Å²) in [5.41, 5.74) is 2.24. The van der Waals surface area contributed by atoms with Gasteiger partial charge in [0.2, 0.25) is 0 Å². The lowest BCUT2D eigenvalue weighted by Crippen LogP contribution is -2.40. The summed E-state index contributed by atoms with van der Waals surface area (Å²) in [5.74, 6) is -0.632. The molecule has 8 heteroatoms. The molecule has 170 valence electrons. The highest BCUT2D eigenvalue weighted by molar-refractivity contribution is 7.22. The molecular formula is C24H27ClN2O4S. The van der Waals surface area contributed by atoms with Crippen molar-refractivity contribution in [2.45, 2.75) is 57.8 Å². The molecule has 32 heavy (non-hydrogen) atoms. The zero-order valence-corrected chi connectivity index (χ0v) is 20.1. The molecule has 2 aromatic heterocycles. The first-order valence-corrected chi connectivity index (χ1v) is 11.8. The minimum Gasteiger partial charge on any atom is -0.458 e. The number of thiophene rings is 1. The van der Waals surface area contributed by atoms with Crippen molar-refractivity contribution in [1.29, 1.82) is 0 Å². The molecule has 2 N–H and O–H groups in total. The number of H-pyrrole nitrogens is 1. The summed E-state index contributed by atoms with van der Waals surface area (Å²) < 4.78 is 12.0. The van der Waals surface area contributed by atoms with E-state index >= 15 is 0 Å². The van der Waals surface area contributed by atoms with Crippen LogP contribution in [0.2, 0.25) is 4.34 Å². The van der Waals surface area contributed by atoms with Crippen LogP contribution in [0.3, 0.4) is 0 Å².